The fourth-order valence-corrected chi connectivity index (χ4v) is 4.36. The molecule has 0 atom stereocenters. The molecule has 0 radical (unpaired) electrons. The van der Waals surface area contributed by atoms with Gasteiger partial charge in [0.1, 0.15) is 16.9 Å². The maximum atomic E-state index is 13.5. The number of nitrogens with zero attached hydrogens (tertiary/aromatic N) is 4. The number of aromatic amines is 1. The van der Waals surface area contributed by atoms with Crippen LogP contribution in [0.15, 0.2) is 78.0 Å². The van der Waals surface area contributed by atoms with E-state index in [1.54, 1.807) is 6.21 Å². The van der Waals surface area contributed by atoms with Crippen LogP contribution in [-0.4, -0.2) is 31.7 Å². The molecule has 0 aliphatic carbocycles. The maximum absolute atomic E-state index is 13.5. The average molecular weight is 474 g/mol. The molecule has 0 bridgehead atoms. The number of rotatable bonds is 4. The summed E-state index contributed by atoms with van der Waals surface area (Å²) in [6.45, 7) is 3.92. The number of fused-ring (bicyclic) bond motifs is 3. The third-order valence-electron chi connectivity index (χ3n) is 6.28. The third kappa shape index (κ3) is 3.56. The van der Waals surface area contributed by atoms with Gasteiger partial charge in [-0.15, -0.1) is 0 Å². The van der Waals surface area contributed by atoms with Gasteiger partial charge in [-0.05, 0) is 49.2 Å². The van der Waals surface area contributed by atoms with Crippen LogP contribution in [0, 0.1) is 13.8 Å². The van der Waals surface area contributed by atoms with E-state index < -0.39 is 0 Å². The predicted octanol–water partition coefficient (Wildman–Crippen LogP) is 5.40. The summed E-state index contributed by atoms with van der Waals surface area (Å²) in [6, 6.07) is 21.4. The molecule has 3 aromatic heterocycles. The Balaban J connectivity index is 1.52. The molecule has 4 N–H and O–H groups in total. The number of carbonyl (C=O) groups excluding carboxylic acids is 1. The summed E-state index contributed by atoms with van der Waals surface area (Å²) in [7, 11) is 0. The smallest absolute Gasteiger partial charge is 0.261 e. The van der Waals surface area contributed by atoms with E-state index in [1.165, 1.54) is 4.68 Å². The molecule has 8 heteroatoms. The van der Waals surface area contributed by atoms with Crippen molar-refractivity contribution in [2.24, 2.45) is 5.10 Å². The van der Waals surface area contributed by atoms with E-state index in [9.17, 15) is 4.79 Å². The van der Waals surface area contributed by atoms with Crippen molar-refractivity contribution >= 4 is 56.7 Å². The van der Waals surface area contributed by atoms with Gasteiger partial charge in [-0.25, -0.2) is 9.97 Å². The molecule has 3 aromatic carbocycles. The van der Waals surface area contributed by atoms with E-state index in [-0.39, 0.29) is 17.3 Å². The first kappa shape index (κ1) is 21.5. The minimum Gasteiger partial charge on any atom is -0.383 e. The van der Waals surface area contributed by atoms with Crippen LogP contribution < -0.4 is 11.1 Å². The average Bonchev–Trinajstić information content (AvgIpc) is 3.41. The Morgan fingerprint density at radius 2 is 1.78 bits per heavy atom. The number of nitrogens with two attached hydrogens (primary N) is 1. The molecule has 0 unspecified atom stereocenters. The van der Waals surface area contributed by atoms with Gasteiger partial charge in [0, 0.05) is 28.4 Å². The number of anilines is 2. The Labute approximate surface area is 206 Å². The number of benzene rings is 3. The van der Waals surface area contributed by atoms with Crippen LogP contribution in [0.4, 0.5) is 11.5 Å². The fourth-order valence-electron chi connectivity index (χ4n) is 4.36. The number of hydrogen-bond acceptors (Lipinski definition) is 5. The number of para-hydroxylation sites is 3. The van der Waals surface area contributed by atoms with Gasteiger partial charge >= 0.3 is 0 Å². The highest BCUT2D eigenvalue weighted by molar-refractivity contribution is 6.16. The van der Waals surface area contributed by atoms with Crippen LogP contribution in [-0.2, 0) is 0 Å². The summed E-state index contributed by atoms with van der Waals surface area (Å²) < 4.78 is 1.48. The molecule has 0 spiro atoms. The van der Waals surface area contributed by atoms with Gasteiger partial charge in [0.2, 0.25) is 0 Å². The number of H-pyrrole nitrogens is 1. The molecule has 0 saturated heterocycles. The van der Waals surface area contributed by atoms with Gasteiger partial charge in [-0.3, -0.25) is 4.79 Å². The highest BCUT2D eigenvalue weighted by Crippen LogP contribution is 2.29. The largest absolute Gasteiger partial charge is 0.383 e. The number of carbonyl (C=O) groups is 1. The van der Waals surface area contributed by atoms with Crippen molar-refractivity contribution in [1.29, 1.82) is 0 Å². The molecule has 8 nitrogen and oxygen atoms in total. The number of aromatic nitrogens is 4. The van der Waals surface area contributed by atoms with Crippen molar-refractivity contribution in [3.8, 4) is 0 Å². The number of aryl methyl sites for hydroxylation is 2. The number of nitrogens with one attached hydrogen (secondary N) is 2. The molecule has 36 heavy (non-hydrogen) atoms. The zero-order valence-corrected chi connectivity index (χ0v) is 19.8. The predicted molar refractivity (Wildman–Crippen MR) is 145 cm³/mol. The summed E-state index contributed by atoms with van der Waals surface area (Å²) >= 11 is 0. The standard InChI is InChI=1S/C28H23N7O/c1-16-11-12-17(2)23(13-16)34-28(36)24-25-27(33-22-10-6-5-9-21(22)32-25)35(26(24)29)31-15-18-14-30-20-8-4-3-7-19(18)20/h3-15,30H,29H2,1-2H3,(H,34,36)/b31-15-. The van der Waals surface area contributed by atoms with E-state index in [0.29, 0.717) is 22.2 Å². The summed E-state index contributed by atoms with van der Waals surface area (Å²) in [4.78, 5) is 26.3. The molecular weight excluding hydrogens is 450 g/mol. The molecule has 3 heterocycles. The van der Waals surface area contributed by atoms with Gasteiger partial charge in [0.05, 0.1) is 17.2 Å². The third-order valence-corrected chi connectivity index (χ3v) is 6.28. The summed E-state index contributed by atoms with van der Waals surface area (Å²) in [5.74, 6) is -0.198. The van der Waals surface area contributed by atoms with Gasteiger partial charge in [0.15, 0.2) is 5.65 Å². The molecule has 6 rings (SSSR count). The van der Waals surface area contributed by atoms with E-state index >= 15 is 0 Å². The number of nitrogen functional groups attached to an aromatic ring is 1. The van der Waals surface area contributed by atoms with Crippen molar-refractivity contribution in [3.05, 3.63) is 95.2 Å². The lowest BCUT2D eigenvalue weighted by Crippen LogP contribution is -2.15. The van der Waals surface area contributed by atoms with E-state index in [2.05, 4.69) is 15.4 Å². The van der Waals surface area contributed by atoms with Crippen molar-refractivity contribution in [2.75, 3.05) is 11.1 Å². The van der Waals surface area contributed by atoms with Gasteiger partial charge < -0.3 is 16.0 Å². The quantitative estimate of drug-likeness (QED) is 0.297. The maximum Gasteiger partial charge on any atom is 0.261 e. The zero-order chi connectivity index (χ0) is 24.8. The van der Waals surface area contributed by atoms with Crippen LogP contribution in [0.5, 0.6) is 0 Å². The SMILES string of the molecule is Cc1ccc(C)c(NC(=O)c2c(N)n(/N=C\c3c[nH]c4ccccc34)c3nc4ccccc4nc23)c1. The first-order valence-corrected chi connectivity index (χ1v) is 11.6. The molecule has 1 amide bonds. The van der Waals surface area contributed by atoms with Crippen molar-refractivity contribution < 1.29 is 4.79 Å². The molecule has 0 aliphatic heterocycles. The normalized spacial score (nSPS) is 11.7. The van der Waals surface area contributed by atoms with Crippen molar-refractivity contribution in [3.63, 3.8) is 0 Å². The highest BCUT2D eigenvalue weighted by Gasteiger charge is 2.24. The Bertz CT molecular complexity index is 1830. The van der Waals surface area contributed by atoms with Gasteiger partial charge in [-0.1, -0.05) is 42.5 Å². The summed E-state index contributed by atoms with van der Waals surface area (Å²) in [6.07, 6.45) is 3.59. The van der Waals surface area contributed by atoms with Crippen LogP contribution in [0.1, 0.15) is 27.0 Å². The second-order valence-electron chi connectivity index (χ2n) is 8.76. The van der Waals surface area contributed by atoms with Crippen LogP contribution in [0.25, 0.3) is 33.1 Å². The fraction of sp³-hybridized carbons (Fsp3) is 0.0714. The minimum absolute atomic E-state index is 0.166. The van der Waals surface area contributed by atoms with E-state index in [1.807, 2.05) is 86.8 Å². The first-order valence-electron chi connectivity index (χ1n) is 11.6. The first-order chi connectivity index (χ1) is 17.5. The monoisotopic (exact) mass is 473 g/mol. The van der Waals surface area contributed by atoms with Crippen LogP contribution in [0.3, 0.4) is 0 Å². The Kier molecular flexibility index (Phi) is 5.00. The molecule has 0 fully saturated rings. The zero-order valence-electron chi connectivity index (χ0n) is 19.8. The summed E-state index contributed by atoms with van der Waals surface area (Å²) in [5, 5.41) is 8.67. The number of amides is 1. The lowest BCUT2D eigenvalue weighted by molar-refractivity contribution is 0.102. The Hall–Kier alpha value is -4.98. The Morgan fingerprint density at radius 1 is 1.03 bits per heavy atom. The molecule has 176 valence electrons. The second-order valence-corrected chi connectivity index (χ2v) is 8.76. The minimum atomic E-state index is -0.364. The summed E-state index contributed by atoms with van der Waals surface area (Å²) in [5.41, 5.74) is 13.6. The lowest BCUT2D eigenvalue weighted by Gasteiger charge is -2.09. The highest BCUT2D eigenvalue weighted by atomic mass is 16.1. The van der Waals surface area contributed by atoms with Crippen LogP contribution in [0.2, 0.25) is 0 Å². The van der Waals surface area contributed by atoms with E-state index in [4.69, 9.17) is 15.7 Å². The molecule has 0 saturated carbocycles. The second kappa shape index (κ2) is 8.35. The topological polar surface area (TPSA) is 114 Å². The van der Waals surface area contributed by atoms with Gasteiger partial charge in [-0.2, -0.15) is 9.78 Å². The Morgan fingerprint density at radius 3 is 2.61 bits per heavy atom. The van der Waals surface area contributed by atoms with Gasteiger partial charge in [0.25, 0.3) is 5.91 Å². The van der Waals surface area contributed by atoms with Crippen LogP contribution >= 0.6 is 0 Å². The lowest BCUT2D eigenvalue weighted by atomic mass is 10.1. The molecular formula is C28H23N7O. The van der Waals surface area contributed by atoms with Crippen molar-refractivity contribution in [1.82, 2.24) is 19.6 Å². The number of hydrogen-bond donors (Lipinski definition) is 3. The molecule has 6 aromatic rings. The van der Waals surface area contributed by atoms with E-state index in [0.717, 1.165) is 33.3 Å². The van der Waals surface area contributed by atoms with Crippen molar-refractivity contribution in [2.45, 2.75) is 13.8 Å². The molecule has 0 aliphatic rings.